The SMILES string of the molecule is CCN1CCCC1CNC(=O)Cn1nc(C)n2cccc2c1=O. The molecule has 1 unspecified atom stereocenters. The van der Waals surface area contributed by atoms with Gasteiger partial charge < -0.3 is 5.32 Å². The van der Waals surface area contributed by atoms with Gasteiger partial charge >= 0.3 is 0 Å². The van der Waals surface area contributed by atoms with Crippen LogP contribution in [0.1, 0.15) is 25.6 Å². The van der Waals surface area contributed by atoms with Crippen molar-refractivity contribution >= 4 is 11.4 Å². The van der Waals surface area contributed by atoms with Crippen LogP contribution < -0.4 is 10.9 Å². The summed E-state index contributed by atoms with van der Waals surface area (Å²) in [4.78, 5) is 26.9. The molecular weight excluding hydrogens is 294 g/mol. The number of hydrogen-bond acceptors (Lipinski definition) is 4. The molecule has 0 bridgehead atoms. The topological polar surface area (TPSA) is 71.6 Å². The molecule has 2 aromatic rings. The van der Waals surface area contributed by atoms with Crippen molar-refractivity contribution in [1.29, 1.82) is 0 Å². The van der Waals surface area contributed by atoms with E-state index in [0.29, 0.717) is 23.9 Å². The molecule has 124 valence electrons. The molecule has 2 aromatic heterocycles. The van der Waals surface area contributed by atoms with Gasteiger partial charge in [0.15, 0.2) is 0 Å². The summed E-state index contributed by atoms with van der Waals surface area (Å²) in [6.07, 6.45) is 4.09. The Hall–Kier alpha value is -2.15. The number of carbonyl (C=O) groups excluding carboxylic acids is 1. The number of likely N-dealkylation sites (N-methyl/N-ethyl adjacent to an activating group) is 1. The van der Waals surface area contributed by atoms with E-state index >= 15 is 0 Å². The van der Waals surface area contributed by atoms with Crippen LogP contribution in [0.4, 0.5) is 0 Å². The highest BCUT2D eigenvalue weighted by molar-refractivity contribution is 5.75. The lowest BCUT2D eigenvalue weighted by Crippen LogP contribution is -2.42. The Kier molecular flexibility index (Phi) is 4.47. The summed E-state index contributed by atoms with van der Waals surface area (Å²) in [6, 6.07) is 3.95. The number of carbonyl (C=O) groups is 1. The fraction of sp³-hybridized carbons (Fsp3) is 0.562. The zero-order valence-corrected chi connectivity index (χ0v) is 13.7. The first-order valence-electron chi connectivity index (χ1n) is 8.15. The second kappa shape index (κ2) is 6.54. The molecule has 7 heteroatoms. The van der Waals surface area contributed by atoms with Crippen molar-refractivity contribution in [2.24, 2.45) is 0 Å². The molecule has 3 rings (SSSR count). The molecule has 1 fully saturated rings. The molecule has 1 aliphatic rings. The fourth-order valence-corrected chi connectivity index (χ4v) is 3.31. The van der Waals surface area contributed by atoms with Crippen molar-refractivity contribution in [1.82, 2.24) is 24.4 Å². The summed E-state index contributed by atoms with van der Waals surface area (Å²) >= 11 is 0. The van der Waals surface area contributed by atoms with Crippen molar-refractivity contribution in [3.8, 4) is 0 Å². The van der Waals surface area contributed by atoms with Crippen LogP contribution in [0.3, 0.4) is 0 Å². The van der Waals surface area contributed by atoms with Crippen LogP contribution in [0.15, 0.2) is 23.1 Å². The Labute approximate surface area is 134 Å². The van der Waals surface area contributed by atoms with Crippen molar-refractivity contribution in [3.63, 3.8) is 0 Å². The smallest absolute Gasteiger partial charge is 0.291 e. The average molecular weight is 317 g/mol. The molecule has 1 saturated heterocycles. The monoisotopic (exact) mass is 317 g/mol. The summed E-state index contributed by atoms with van der Waals surface area (Å²) in [7, 11) is 0. The molecule has 23 heavy (non-hydrogen) atoms. The minimum atomic E-state index is -0.244. The highest BCUT2D eigenvalue weighted by Gasteiger charge is 2.23. The van der Waals surface area contributed by atoms with Gasteiger partial charge in [0.25, 0.3) is 5.56 Å². The van der Waals surface area contributed by atoms with E-state index in [1.165, 1.54) is 11.1 Å². The molecule has 7 nitrogen and oxygen atoms in total. The first-order valence-corrected chi connectivity index (χ1v) is 8.15. The van der Waals surface area contributed by atoms with Gasteiger partial charge in [-0.1, -0.05) is 6.92 Å². The molecule has 3 heterocycles. The van der Waals surface area contributed by atoms with E-state index < -0.39 is 0 Å². The molecule has 0 aromatic carbocycles. The van der Waals surface area contributed by atoms with Crippen LogP contribution in [0.25, 0.3) is 5.52 Å². The average Bonchev–Trinajstić information content (AvgIpc) is 3.19. The predicted molar refractivity (Wildman–Crippen MR) is 87.5 cm³/mol. The highest BCUT2D eigenvalue weighted by Crippen LogP contribution is 2.15. The third-order valence-electron chi connectivity index (χ3n) is 4.55. The summed E-state index contributed by atoms with van der Waals surface area (Å²) in [5.74, 6) is 0.517. The zero-order valence-electron chi connectivity index (χ0n) is 13.7. The molecule has 0 saturated carbocycles. The van der Waals surface area contributed by atoms with Crippen LogP contribution in [0, 0.1) is 6.92 Å². The zero-order chi connectivity index (χ0) is 16.4. The van der Waals surface area contributed by atoms with Crippen LogP contribution >= 0.6 is 0 Å². The van der Waals surface area contributed by atoms with Crippen molar-refractivity contribution < 1.29 is 4.79 Å². The van der Waals surface area contributed by atoms with E-state index in [4.69, 9.17) is 0 Å². The standard InChI is InChI=1S/C16H23N5O2/c1-3-19-8-4-6-13(19)10-17-15(22)11-21-16(23)14-7-5-9-20(14)12(2)18-21/h5,7,9,13H,3-4,6,8,10-11H2,1-2H3,(H,17,22). The maximum absolute atomic E-state index is 12.3. The Morgan fingerprint density at radius 1 is 1.48 bits per heavy atom. The number of amides is 1. The summed E-state index contributed by atoms with van der Waals surface area (Å²) in [5, 5.41) is 7.16. The van der Waals surface area contributed by atoms with Gasteiger partial charge in [0.05, 0.1) is 0 Å². The second-order valence-electron chi connectivity index (χ2n) is 6.00. The minimum Gasteiger partial charge on any atom is -0.353 e. The molecule has 0 spiro atoms. The van der Waals surface area contributed by atoms with Crippen molar-refractivity contribution in [2.75, 3.05) is 19.6 Å². The van der Waals surface area contributed by atoms with E-state index in [1.54, 1.807) is 22.7 Å². The molecule has 0 aliphatic carbocycles. The summed E-state index contributed by atoms with van der Waals surface area (Å²) in [6.45, 7) is 6.65. The van der Waals surface area contributed by atoms with E-state index in [0.717, 1.165) is 19.5 Å². The van der Waals surface area contributed by atoms with Gasteiger partial charge in [-0.05, 0) is 45.0 Å². The van der Waals surface area contributed by atoms with Gasteiger partial charge in [0, 0.05) is 18.8 Å². The van der Waals surface area contributed by atoms with Gasteiger partial charge in [-0.15, -0.1) is 0 Å². The lowest BCUT2D eigenvalue weighted by atomic mass is 10.2. The number of nitrogens with one attached hydrogen (secondary N) is 1. The van der Waals surface area contributed by atoms with Gasteiger partial charge in [0.1, 0.15) is 17.9 Å². The minimum absolute atomic E-state index is 0.0415. The van der Waals surface area contributed by atoms with Gasteiger partial charge in [0.2, 0.25) is 5.91 Å². The lowest BCUT2D eigenvalue weighted by molar-refractivity contribution is -0.122. The normalized spacial score (nSPS) is 18.6. The Morgan fingerprint density at radius 2 is 2.30 bits per heavy atom. The molecule has 1 atom stereocenters. The molecular formula is C16H23N5O2. The third-order valence-corrected chi connectivity index (χ3v) is 4.55. The molecule has 1 amide bonds. The molecule has 1 N–H and O–H groups in total. The van der Waals surface area contributed by atoms with Crippen molar-refractivity contribution in [3.05, 3.63) is 34.5 Å². The number of aryl methyl sites for hydroxylation is 1. The van der Waals surface area contributed by atoms with E-state index in [1.807, 2.05) is 6.92 Å². The number of rotatable bonds is 5. The maximum atomic E-state index is 12.3. The largest absolute Gasteiger partial charge is 0.353 e. The number of fused-ring (bicyclic) bond motifs is 1. The lowest BCUT2D eigenvalue weighted by Gasteiger charge is -2.22. The Balaban J connectivity index is 1.66. The number of hydrogen-bond donors (Lipinski definition) is 1. The fourth-order valence-electron chi connectivity index (χ4n) is 3.31. The second-order valence-corrected chi connectivity index (χ2v) is 6.00. The van der Waals surface area contributed by atoms with E-state index in [2.05, 4.69) is 22.2 Å². The quantitative estimate of drug-likeness (QED) is 0.867. The Morgan fingerprint density at radius 3 is 3.09 bits per heavy atom. The van der Waals surface area contributed by atoms with Gasteiger partial charge in [-0.3, -0.25) is 18.9 Å². The van der Waals surface area contributed by atoms with E-state index in [-0.39, 0.29) is 18.0 Å². The maximum Gasteiger partial charge on any atom is 0.291 e. The highest BCUT2D eigenvalue weighted by atomic mass is 16.2. The van der Waals surface area contributed by atoms with Gasteiger partial charge in [-0.25, -0.2) is 4.68 Å². The number of likely N-dealkylation sites (tertiary alicyclic amines) is 1. The first kappa shape index (κ1) is 15.7. The van der Waals surface area contributed by atoms with Crippen LogP contribution in [0.2, 0.25) is 0 Å². The van der Waals surface area contributed by atoms with Gasteiger partial charge in [-0.2, -0.15) is 5.10 Å². The molecule has 1 aliphatic heterocycles. The van der Waals surface area contributed by atoms with Crippen molar-refractivity contribution in [2.45, 2.75) is 39.3 Å². The number of aromatic nitrogens is 3. The third kappa shape index (κ3) is 3.14. The first-order chi connectivity index (χ1) is 11.1. The van der Waals surface area contributed by atoms with E-state index in [9.17, 15) is 9.59 Å². The number of nitrogens with zero attached hydrogens (tertiary/aromatic N) is 4. The van der Waals surface area contributed by atoms with Crippen LogP contribution in [-0.2, 0) is 11.3 Å². The molecule has 0 radical (unpaired) electrons. The van der Waals surface area contributed by atoms with Crippen LogP contribution in [0.5, 0.6) is 0 Å². The Bertz CT molecular complexity index is 763. The summed E-state index contributed by atoms with van der Waals surface area (Å²) in [5.41, 5.74) is 0.296. The predicted octanol–water partition coefficient (Wildman–Crippen LogP) is 0.405. The summed E-state index contributed by atoms with van der Waals surface area (Å²) < 4.78 is 2.97. The van der Waals surface area contributed by atoms with Crippen LogP contribution in [-0.4, -0.2) is 50.7 Å².